The van der Waals surface area contributed by atoms with E-state index in [-0.39, 0.29) is 28.5 Å². The Kier molecular flexibility index (Phi) is 3.29. The Balaban J connectivity index is 1.97. The van der Waals surface area contributed by atoms with Gasteiger partial charge in [0.25, 0.3) is 0 Å². The lowest BCUT2D eigenvalue weighted by atomic mass is 9.43. The maximum absolute atomic E-state index is 12.2. The minimum Gasteiger partial charge on any atom is -0.455 e. The Bertz CT molecular complexity index is 485. The first-order chi connectivity index (χ1) is 9.74. The lowest BCUT2D eigenvalue weighted by Crippen LogP contribution is -2.69. The van der Waals surface area contributed by atoms with E-state index < -0.39 is 0 Å². The Labute approximate surface area is 128 Å². The molecule has 118 valence electrons. The fraction of sp³-hybridized carbons (Fsp3) is 0.833. The van der Waals surface area contributed by atoms with Crippen LogP contribution in [0.15, 0.2) is 12.2 Å². The van der Waals surface area contributed by atoms with E-state index in [9.17, 15) is 4.79 Å². The molecule has 4 aliphatic rings. The second-order valence-electron chi connectivity index (χ2n) is 8.10. The van der Waals surface area contributed by atoms with Crippen molar-refractivity contribution in [2.75, 3.05) is 6.61 Å². The van der Waals surface area contributed by atoms with Gasteiger partial charge in [-0.1, -0.05) is 20.4 Å². The smallest absolute Gasteiger partial charge is 0.333 e. The third-order valence-electron chi connectivity index (χ3n) is 6.16. The van der Waals surface area contributed by atoms with Gasteiger partial charge in [-0.25, -0.2) is 4.79 Å². The summed E-state index contributed by atoms with van der Waals surface area (Å²) in [5, 5.41) is 0. The highest BCUT2D eigenvalue weighted by molar-refractivity contribution is 5.87. The van der Waals surface area contributed by atoms with Crippen LogP contribution in [-0.4, -0.2) is 23.8 Å². The zero-order chi connectivity index (χ0) is 15.5. The third-order valence-corrected chi connectivity index (χ3v) is 6.16. The molecule has 4 bridgehead atoms. The van der Waals surface area contributed by atoms with Crippen molar-refractivity contribution in [2.24, 2.45) is 17.3 Å². The number of esters is 1. The molecule has 0 aromatic rings. The van der Waals surface area contributed by atoms with Crippen LogP contribution in [0, 0.1) is 17.3 Å². The van der Waals surface area contributed by atoms with E-state index in [4.69, 9.17) is 9.47 Å². The average molecular weight is 292 g/mol. The Hall–Kier alpha value is -0.830. The molecule has 5 atom stereocenters. The number of hydrogen-bond donors (Lipinski definition) is 0. The molecule has 0 spiro atoms. The number of carbonyl (C=O) groups is 1. The summed E-state index contributed by atoms with van der Waals surface area (Å²) >= 11 is 0. The van der Waals surface area contributed by atoms with E-state index in [2.05, 4.69) is 27.4 Å². The van der Waals surface area contributed by atoms with Crippen molar-refractivity contribution >= 4 is 5.97 Å². The summed E-state index contributed by atoms with van der Waals surface area (Å²) < 4.78 is 12.3. The van der Waals surface area contributed by atoms with E-state index in [0.717, 1.165) is 32.3 Å². The van der Waals surface area contributed by atoms with Gasteiger partial charge in [0.05, 0.1) is 5.60 Å². The Morgan fingerprint density at radius 3 is 2.43 bits per heavy atom. The summed E-state index contributed by atoms with van der Waals surface area (Å²) in [5.74, 6) is 0.648. The molecule has 5 unspecified atom stereocenters. The lowest BCUT2D eigenvalue weighted by Gasteiger charge is -2.67. The summed E-state index contributed by atoms with van der Waals surface area (Å²) in [4.78, 5) is 12.2. The Morgan fingerprint density at radius 2 is 1.86 bits per heavy atom. The van der Waals surface area contributed by atoms with Crippen LogP contribution >= 0.6 is 0 Å². The number of ether oxygens (including phenoxy) is 2. The predicted octanol–water partition coefficient (Wildman–Crippen LogP) is 3.87. The molecule has 4 rings (SSSR count). The fourth-order valence-corrected chi connectivity index (χ4v) is 5.79. The highest BCUT2D eigenvalue weighted by Gasteiger charge is 2.68. The number of carbonyl (C=O) groups excluding carboxylic acids is 1. The molecule has 0 radical (unpaired) electrons. The molecule has 0 aromatic carbocycles. The van der Waals surface area contributed by atoms with Gasteiger partial charge in [0, 0.05) is 18.1 Å². The molecular formula is C18H28O3. The normalized spacial score (nSPS) is 47.4. The second-order valence-corrected chi connectivity index (χ2v) is 8.10. The van der Waals surface area contributed by atoms with Crippen LogP contribution in [0.3, 0.4) is 0 Å². The topological polar surface area (TPSA) is 35.5 Å². The molecule has 0 aliphatic heterocycles. The molecular weight excluding hydrogens is 264 g/mol. The molecule has 0 aromatic heterocycles. The van der Waals surface area contributed by atoms with E-state index in [1.807, 2.05) is 0 Å². The van der Waals surface area contributed by atoms with Crippen LogP contribution in [0.4, 0.5) is 0 Å². The van der Waals surface area contributed by atoms with Crippen LogP contribution in [0.2, 0.25) is 0 Å². The molecule has 4 saturated carbocycles. The minimum absolute atomic E-state index is 0.0989. The van der Waals surface area contributed by atoms with Crippen molar-refractivity contribution in [3.8, 4) is 0 Å². The predicted molar refractivity (Wildman–Crippen MR) is 81.8 cm³/mol. The summed E-state index contributed by atoms with van der Waals surface area (Å²) in [6.45, 7) is 12.8. The molecule has 4 aliphatic carbocycles. The zero-order valence-corrected chi connectivity index (χ0v) is 13.8. The van der Waals surface area contributed by atoms with Crippen LogP contribution in [0.5, 0.6) is 0 Å². The van der Waals surface area contributed by atoms with E-state index in [1.165, 1.54) is 6.42 Å². The molecule has 3 heteroatoms. The summed E-state index contributed by atoms with van der Waals surface area (Å²) in [5.41, 5.74) is 0.295. The standard InChI is InChI=1S/C18H28O3/c1-6-20-17-8-14-7-16(5,10-17)11-18(9-14,13(17)4)21-15(19)12(2)3/h13-14H,2,6-11H2,1,3-5H3. The van der Waals surface area contributed by atoms with E-state index in [1.54, 1.807) is 6.92 Å². The molecule has 0 amide bonds. The van der Waals surface area contributed by atoms with Gasteiger partial charge < -0.3 is 9.47 Å². The van der Waals surface area contributed by atoms with E-state index >= 15 is 0 Å². The highest BCUT2D eigenvalue weighted by atomic mass is 16.6. The van der Waals surface area contributed by atoms with Gasteiger partial charge in [-0.2, -0.15) is 0 Å². The molecule has 3 nitrogen and oxygen atoms in total. The molecule has 0 saturated heterocycles. The first-order valence-corrected chi connectivity index (χ1v) is 8.27. The lowest BCUT2D eigenvalue weighted by molar-refractivity contribution is -0.282. The zero-order valence-electron chi connectivity index (χ0n) is 13.8. The monoisotopic (exact) mass is 292 g/mol. The number of hydrogen-bond acceptors (Lipinski definition) is 3. The maximum atomic E-state index is 12.2. The molecule has 0 heterocycles. The summed E-state index contributed by atoms with van der Waals surface area (Å²) in [7, 11) is 0. The maximum Gasteiger partial charge on any atom is 0.333 e. The second kappa shape index (κ2) is 4.58. The average Bonchev–Trinajstić information content (AvgIpc) is 2.34. The van der Waals surface area contributed by atoms with E-state index in [0.29, 0.717) is 11.5 Å². The van der Waals surface area contributed by atoms with Crippen LogP contribution in [0.1, 0.15) is 59.8 Å². The van der Waals surface area contributed by atoms with Crippen LogP contribution in [0.25, 0.3) is 0 Å². The van der Waals surface area contributed by atoms with Crippen molar-refractivity contribution in [2.45, 2.75) is 71.0 Å². The van der Waals surface area contributed by atoms with Crippen molar-refractivity contribution in [1.82, 2.24) is 0 Å². The quantitative estimate of drug-likeness (QED) is 0.583. The molecule has 0 N–H and O–H groups in total. The van der Waals surface area contributed by atoms with Gasteiger partial charge in [-0.05, 0) is 57.3 Å². The van der Waals surface area contributed by atoms with Gasteiger partial charge in [0.15, 0.2) is 0 Å². The summed E-state index contributed by atoms with van der Waals surface area (Å²) in [6.07, 6.45) is 5.46. The van der Waals surface area contributed by atoms with Crippen molar-refractivity contribution in [3.05, 3.63) is 12.2 Å². The van der Waals surface area contributed by atoms with Gasteiger partial charge >= 0.3 is 5.97 Å². The molecule has 4 fully saturated rings. The Morgan fingerprint density at radius 1 is 1.24 bits per heavy atom. The highest BCUT2D eigenvalue weighted by Crippen LogP contribution is 2.67. The van der Waals surface area contributed by atoms with Crippen LogP contribution in [-0.2, 0) is 14.3 Å². The van der Waals surface area contributed by atoms with Crippen molar-refractivity contribution in [1.29, 1.82) is 0 Å². The van der Waals surface area contributed by atoms with Gasteiger partial charge in [-0.3, -0.25) is 0 Å². The largest absolute Gasteiger partial charge is 0.455 e. The molecule has 21 heavy (non-hydrogen) atoms. The minimum atomic E-state index is -0.348. The first kappa shape index (κ1) is 15.1. The van der Waals surface area contributed by atoms with Gasteiger partial charge in [0.2, 0.25) is 0 Å². The third kappa shape index (κ3) is 2.16. The van der Waals surface area contributed by atoms with Crippen LogP contribution < -0.4 is 0 Å². The SMILES string of the molecule is C=C(C)C(=O)OC12CC3CC(C)(CC(OCC)(C3)C1C)C2. The van der Waals surface area contributed by atoms with Gasteiger partial charge in [0.1, 0.15) is 5.60 Å². The fourth-order valence-electron chi connectivity index (χ4n) is 5.79. The van der Waals surface area contributed by atoms with Crippen molar-refractivity contribution < 1.29 is 14.3 Å². The van der Waals surface area contributed by atoms with Crippen molar-refractivity contribution in [3.63, 3.8) is 0 Å². The first-order valence-electron chi connectivity index (χ1n) is 8.27. The summed E-state index contributed by atoms with van der Waals surface area (Å²) in [6, 6.07) is 0. The van der Waals surface area contributed by atoms with Gasteiger partial charge in [-0.15, -0.1) is 0 Å². The number of rotatable bonds is 4.